The van der Waals surface area contributed by atoms with Crippen LogP contribution >= 0.6 is 0 Å². The van der Waals surface area contributed by atoms with Crippen LogP contribution in [-0.2, 0) is 15.1 Å². The van der Waals surface area contributed by atoms with Gasteiger partial charge in [0.25, 0.3) is 0 Å². The quantitative estimate of drug-likeness (QED) is 0.214. The van der Waals surface area contributed by atoms with Crippen LogP contribution in [0.2, 0.25) is 0 Å². The molecule has 0 aliphatic heterocycles. The summed E-state index contributed by atoms with van der Waals surface area (Å²) >= 11 is 0. The van der Waals surface area contributed by atoms with Gasteiger partial charge in [0.05, 0.1) is 23.1 Å². The van der Waals surface area contributed by atoms with Crippen molar-refractivity contribution in [2.75, 3.05) is 5.32 Å². The topological polar surface area (TPSA) is 120 Å². The molecule has 3 aromatic rings. The monoisotopic (exact) mass is 582 g/mol. The van der Waals surface area contributed by atoms with Crippen molar-refractivity contribution in [2.24, 2.45) is 11.3 Å². The van der Waals surface area contributed by atoms with Gasteiger partial charge in [0.2, 0.25) is 11.8 Å². The minimum Gasteiger partial charge on any atom is -0.465 e. The molecule has 1 heterocycles. The van der Waals surface area contributed by atoms with E-state index in [4.69, 9.17) is 4.98 Å². The first-order valence-electron chi connectivity index (χ1n) is 15.3. The number of rotatable bonds is 9. The highest BCUT2D eigenvalue weighted by Crippen LogP contribution is 2.41. The Bertz CT molecular complexity index is 1460. The maximum Gasteiger partial charge on any atom is 0.405 e. The molecular weight excluding hydrogens is 540 g/mol. The number of pyridine rings is 1. The van der Waals surface area contributed by atoms with Crippen LogP contribution in [0.25, 0.3) is 22.4 Å². The number of benzene rings is 2. The number of hydrogen-bond acceptors (Lipinski definition) is 4. The van der Waals surface area contributed by atoms with Crippen molar-refractivity contribution in [2.45, 2.75) is 83.7 Å². The minimum atomic E-state index is -1.07. The molecule has 3 amide bonds. The number of carboxylic acid groups (broad SMARTS) is 1. The van der Waals surface area contributed by atoms with E-state index in [1.54, 1.807) is 6.20 Å². The molecule has 2 fully saturated rings. The zero-order valence-electron chi connectivity index (χ0n) is 25.3. The van der Waals surface area contributed by atoms with Crippen LogP contribution < -0.4 is 16.0 Å². The van der Waals surface area contributed by atoms with E-state index in [1.807, 2.05) is 74.5 Å². The molecule has 2 aliphatic carbocycles. The zero-order chi connectivity index (χ0) is 30.6. The fraction of sp³-hybridized carbons (Fsp3) is 0.429. The molecule has 0 bridgehead atoms. The summed E-state index contributed by atoms with van der Waals surface area (Å²) in [5.41, 5.74) is 4.10. The molecule has 4 N–H and O–H groups in total. The molecule has 2 aliphatic rings. The highest BCUT2D eigenvalue weighted by molar-refractivity contribution is 5.93. The molecule has 0 atom stereocenters. The predicted octanol–water partition coefficient (Wildman–Crippen LogP) is 7.11. The molecule has 0 radical (unpaired) electrons. The summed E-state index contributed by atoms with van der Waals surface area (Å²) in [7, 11) is 0. The van der Waals surface area contributed by atoms with E-state index < -0.39 is 11.6 Å². The second-order valence-electron chi connectivity index (χ2n) is 13.0. The third-order valence-electron chi connectivity index (χ3n) is 9.22. The van der Waals surface area contributed by atoms with Crippen molar-refractivity contribution in [1.29, 1.82) is 0 Å². The molecule has 2 aromatic carbocycles. The maximum absolute atomic E-state index is 13.1. The molecule has 0 unspecified atom stereocenters. The molecule has 5 rings (SSSR count). The van der Waals surface area contributed by atoms with Crippen LogP contribution in [0.3, 0.4) is 0 Å². The summed E-state index contributed by atoms with van der Waals surface area (Å²) in [4.78, 5) is 41.7. The summed E-state index contributed by atoms with van der Waals surface area (Å²) < 4.78 is 0. The Morgan fingerprint density at radius 3 is 2.23 bits per heavy atom. The summed E-state index contributed by atoms with van der Waals surface area (Å²) in [6.45, 7) is 5.70. The molecule has 0 spiro atoms. The third-order valence-corrected chi connectivity index (χ3v) is 9.22. The van der Waals surface area contributed by atoms with Crippen molar-refractivity contribution in [1.82, 2.24) is 15.6 Å². The van der Waals surface area contributed by atoms with Crippen molar-refractivity contribution in [3.05, 3.63) is 72.4 Å². The molecule has 8 heteroatoms. The Morgan fingerprint density at radius 2 is 1.63 bits per heavy atom. The fourth-order valence-corrected chi connectivity index (χ4v) is 6.26. The molecular formula is C35H42N4O4. The number of aromatic nitrogens is 1. The number of hydrogen-bond donors (Lipinski definition) is 4. The number of carbonyl (C=O) groups excluding carboxylic acids is 2. The second-order valence-corrected chi connectivity index (χ2v) is 13.0. The Balaban J connectivity index is 1.24. The normalized spacial score (nSPS) is 19.5. The first-order valence-corrected chi connectivity index (χ1v) is 15.3. The van der Waals surface area contributed by atoms with Gasteiger partial charge < -0.3 is 21.1 Å². The maximum atomic E-state index is 13.1. The zero-order valence-corrected chi connectivity index (χ0v) is 25.3. The van der Waals surface area contributed by atoms with Gasteiger partial charge in [-0.1, -0.05) is 67.9 Å². The smallest absolute Gasteiger partial charge is 0.405 e. The number of carbonyl (C=O) groups is 3. The highest BCUT2D eigenvalue weighted by atomic mass is 16.4. The van der Waals surface area contributed by atoms with E-state index in [0.717, 1.165) is 72.9 Å². The number of anilines is 1. The largest absolute Gasteiger partial charge is 0.465 e. The van der Waals surface area contributed by atoms with Crippen molar-refractivity contribution >= 4 is 23.6 Å². The lowest BCUT2D eigenvalue weighted by Crippen LogP contribution is -2.48. The van der Waals surface area contributed by atoms with Gasteiger partial charge in [0, 0.05) is 29.0 Å². The van der Waals surface area contributed by atoms with Crippen LogP contribution in [0.15, 0.2) is 66.9 Å². The second kappa shape index (κ2) is 12.6. The fourth-order valence-electron chi connectivity index (χ4n) is 6.26. The minimum absolute atomic E-state index is 0.0273. The van der Waals surface area contributed by atoms with E-state index in [1.165, 1.54) is 0 Å². The van der Waals surface area contributed by atoms with Crippen molar-refractivity contribution in [3.8, 4) is 22.4 Å². The Morgan fingerprint density at radius 1 is 0.953 bits per heavy atom. The van der Waals surface area contributed by atoms with Gasteiger partial charge >= 0.3 is 6.09 Å². The van der Waals surface area contributed by atoms with E-state index in [-0.39, 0.29) is 23.3 Å². The standard InChI is InChI=1S/C35H42N4O4/c1-34(2,39-33(42)43)26-14-12-25(13-15-26)31-29(24-8-5-4-6-9-24)21-28(22-36-31)37-30(40)20-23-10-16-27(17-11-23)38-32(41)35(3)18-7-19-35/h4-6,8-9,12-15,21-23,27,39H,7,10-11,16-20H2,1-3H3,(H,37,40)(H,38,41)(H,42,43)/t23-,27-. The van der Waals surface area contributed by atoms with E-state index >= 15 is 0 Å². The molecule has 8 nitrogen and oxygen atoms in total. The summed E-state index contributed by atoms with van der Waals surface area (Å²) in [6.07, 6.45) is 7.84. The average molecular weight is 583 g/mol. The number of amides is 3. The SMILES string of the molecule is CC1(C(=O)N[C@H]2CC[C@H](CC(=O)Nc3cnc(-c4ccc(C(C)(C)NC(=O)O)cc4)c(-c4ccccc4)c3)CC2)CCC1. The molecule has 43 heavy (non-hydrogen) atoms. The number of nitrogens with zero attached hydrogens (tertiary/aromatic N) is 1. The predicted molar refractivity (Wildman–Crippen MR) is 168 cm³/mol. The van der Waals surface area contributed by atoms with Gasteiger partial charge in [0.1, 0.15) is 0 Å². The first kappa shape index (κ1) is 30.3. The van der Waals surface area contributed by atoms with Crippen LogP contribution in [0.1, 0.15) is 77.7 Å². The first-order chi connectivity index (χ1) is 20.5. The van der Waals surface area contributed by atoms with Gasteiger partial charge in [-0.05, 0) is 75.5 Å². The lowest BCUT2D eigenvalue weighted by molar-refractivity contribution is -0.135. The van der Waals surface area contributed by atoms with Crippen molar-refractivity contribution < 1.29 is 19.5 Å². The van der Waals surface area contributed by atoms with Gasteiger partial charge in [-0.2, -0.15) is 0 Å². The Labute approximate surface area is 253 Å². The molecule has 226 valence electrons. The summed E-state index contributed by atoms with van der Waals surface area (Å²) in [5, 5.41) is 18.1. The van der Waals surface area contributed by atoms with Gasteiger partial charge in [-0.3, -0.25) is 14.6 Å². The van der Waals surface area contributed by atoms with Gasteiger partial charge in [-0.25, -0.2) is 4.79 Å². The van der Waals surface area contributed by atoms with Gasteiger partial charge in [-0.15, -0.1) is 0 Å². The van der Waals surface area contributed by atoms with Gasteiger partial charge in [0.15, 0.2) is 0 Å². The van der Waals surface area contributed by atoms with Crippen LogP contribution in [-0.4, -0.2) is 34.0 Å². The molecule has 2 saturated carbocycles. The number of nitrogens with one attached hydrogen (secondary N) is 3. The summed E-state index contributed by atoms with van der Waals surface area (Å²) in [6, 6.07) is 19.8. The van der Waals surface area contributed by atoms with Crippen molar-refractivity contribution in [3.63, 3.8) is 0 Å². The third kappa shape index (κ3) is 7.24. The van der Waals surface area contributed by atoms with E-state index in [9.17, 15) is 19.5 Å². The average Bonchev–Trinajstić information content (AvgIpc) is 2.96. The lowest BCUT2D eigenvalue weighted by atomic mass is 9.69. The Hall–Kier alpha value is -4.20. The van der Waals surface area contributed by atoms with Crippen LogP contribution in [0.5, 0.6) is 0 Å². The van der Waals surface area contributed by atoms with E-state index in [2.05, 4.69) is 22.9 Å². The Kier molecular flexibility index (Phi) is 8.85. The van der Waals surface area contributed by atoms with E-state index in [0.29, 0.717) is 18.0 Å². The molecule has 1 aromatic heterocycles. The van der Waals surface area contributed by atoms with Crippen LogP contribution in [0.4, 0.5) is 10.5 Å². The van der Waals surface area contributed by atoms with Crippen LogP contribution in [0, 0.1) is 11.3 Å². The summed E-state index contributed by atoms with van der Waals surface area (Å²) in [5.74, 6) is 0.465. The highest BCUT2D eigenvalue weighted by Gasteiger charge is 2.40. The molecule has 0 saturated heterocycles. The lowest BCUT2D eigenvalue weighted by Gasteiger charge is -2.39.